The molecule has 1 N–H and O–H groups in total. The van der Waals surface area contributed by atoms with Crippen molar-refractivity contribution in [2.45, 2.75) is 18.1 Å². The fourth-order valence-electron chi connectivity index (χ4n) is 3.54. The molecular weight excluding hydrogens is 376 g/mol. The summed E-state index contributed by atoms with van der Waals surface area (Å²) in [4.78, 5) is 25.2. The molecule has 2 aliphatic rings. The molecule has 1 atom stereocenters. The van der Waals surface area contributed by atoms with E-state index in [-0.39, 0.29) is 16.4 Å². The van der Waals surface area contributed by atoms with Gasteiger partial charge in [0, 0.05) is 12.2 Å². The van der Waals surface area contributed by atoms with Gasteiger partial charge in [0.15, 0.2) is 0 Å². The van der Waals surface area contributed by atoms with Crippen molar-refractivity contribution in [3.63, 3.8) is 0 Å². The number of imide groups is 1. The number of ether oxygens (including phenoxy) is 2. The Kier molecular flexibility index (Phi) is 5.43. The van der Waals surface area contributed by atoms with Crippen LogP contribution in [0.1, 0.15) is 11.1 Å². The van der Waals surface area contributed by atoms with Crippen molar-refractivity contribution in [1.82, 2.24) is 5.32 Å². The summed E-state index contributed by atoms with van der Waals surface area (Å²) < 4.78 is 11.2. The lowest BCUT2D eigenvalue weighted by Crippen LogP contribution is -2.26. The third kappa shape index (κ3) is 4.09. The van der Waals surface area contributed by atoms with Crippen LogP contribution in [-0.4, -0.2) is 43.2 Å². The Morgan fingerprint density at radius 3 is 2.64 bits per heavy atom. The molecule has 28 heavy (non-hydrogen) atoms. The van der Waals surface area contributed by atoms with Gasteiger partial charge in [-0.1, -0.05) is 23.9 Å². The molecule has 0 spiro atoms. The number of carbonyl (C=O) groups excluding carboxylic acids is 2. The van der Waals surface area contributed by atoms with E-state index < -0.39 is 0 Å². The Labute approximate surface area is 168 Å². The Hall–Kier alpha value is -2.67. The molecule has 0 aliphatic carbocycles. The summed E-state index contributed by atoms with van der Waals surface area (Å²) in [6, 6.07) is 13.9. The monoisotopic (exact) mass is 398 g/mol. The molecule has 146 valence electrons. The fourth-order valence-corrected chi connectivity index (χ4v) is 4.40. The third-order valence-electron chi connectivity index (χ3n) is 5.02. The highest BCUT2D eigenvalue weighted by atomic mass is 32.2. The number of rotatable bonds is 7. The number of anilines is 1. The lowest BCUT2D eigenvalue weighted by atomic mass is 10.1. The molecule has 0 aromatic heterocycles. The number of methoxy groups -OCH3 is 1. The SMILES string of the molecule is COc1ccc2c(c1)CCN2CCOc1ccc(CC2SC(=O)NC2=O)cc1. The number of nitrogens with one attached hydrogen (secondary N) is 1. The van der Waals surface area contributed by atoms with Gasteiger partial charge >= 0.3 is 0 Å². The zero-order valence-corrected chi connectivity index (χ0v) is 16.5. The Balaban J connectivity index is 1.27. The first-order valence-corrected chi connectivity index (χ1v) is 10.2. The van der Waals surface area contributed by atoms with Crippen LogP contribution in [-0.2, 0) is 17.6 Å². The van der Waals surface area contributed by atoms with E-state index in [2.05, 4.69) is 22.3 Å². The van der Waals surface area contributed by atoms with Gasteiger partial charge in [0.25, 0.3) is 5.24 Å². The minimum absolute atomic E-state index is 0.209. The first-order chi connectivity index (χ1) is 13.6. The maximum absolute atomic E-state index is 11.7. The number of hydrogen-bond donors (Lipinski definition) is 1. The van der Waals surface area contributed by atoms with E-state index >= 15 is 0 Å². The molecule has 1 fully saturated rings. The predicted octanol–water partition coefficient (Wildman–Crippen LogP) is 3.03. The van der Waals surface area contributed by atoms with Gasteiger partial charge in [-0.2, -0.15) is 0 Å². The minimum Gasteiger partial charge on any atom is -0.497 e. The van der Waals surface area contributed by atoms with Gasteiger partial charge in [0.2, 0.25) is 5.91 Å². The van der Waals surface area contributed by atoms with Gasteiger partial charge in [0.05, 0.1) is 18.9 Å². The topological polar surface area (TPSA) is 67.9 Å². The summed E-state index contributed by atoms with van der Waals surface area (Å²) in [7, 11) is 1.69. The Morgan fingerprint density at radius 1 is 1.14 bits per heavy atom. The molecule has 2 amide bonds. The highest BCUT2D eigenvalue weighted by molar-refractivity contribution is 8.15. The van der Waals surface area contributed by atoms with Gasteiger partial charge < -0.3 is 14.4 Å². The molecule has 2 aromatic carbocycles. The molecule has 1 unspecified atom stereocenters. The molecule has 4 rings (SSSR count). The van der Waals surface area contributed by atoms with Crippen LogP contribution in [0.15, 0.2) is 42.5 Å². The number of hydrogen-bond acceptors (Lipinski definition) is 6. The van der Waals surface area contributed by atoms with Crippen LogP contribution in [0.2, 0.25) is 0 Å². The Morgan fingerprint density at radius 2 is 1.93 bits per heavy atom. The highest BCUT2D eigenvalue weighted by Crippen LogP contribution is 2.31. The summed E-state index contributed by atoms with van der Waals surface area (Å²) in [5, 5.41) is 1.71. The molecule has 0 bridgehead atoms. The highest BCUT2D eigenvalue weighted by Gasteiger charge is 2.31. The summed E-state index contributed by atoms with van der Waals surface area (Å²) in [6.45, 7) is 2.41. The third-order valence-corrected chi connectivity index (χ3v) is 6.00. The first kappa shape index (κ1) is 18.7. The number of nitrogens with zero attached hydrogens (tertiary/aromatic N) is 1. The maximum atomic E-state index is 11.7. The van der Waals surface area contributed by atoms with Crippen LogP contribution >= 0.6 is 11.8 Å². The second-order valence-corrected chi connectivity index (χ2v) is 7.99. The lowest BCUT2D eigenvalue weighted by Gasteiger charge is -2.19. The molecule has 1 saturated heterocycles. The number of benzene rings is 2. The van der Waals surface area contributed by atoms with Crippen molar-refractivity contribution in [3.8, 4) is 11.5 Å². The van der Waals surface area contributed by atoms with Gasteiger partial charge in [-0.15, -0.1) is 0 Å². The van der Waals surface area contributed by atoms with Gasteiger partial charge in [-0.25, -0.2) is 0 Å². The lowest BCUT2D eigenvalue weighted by molar-refractivity contribution is -0.118. The van der Waals surface area contributed by atoms with Crippen LogP contribution in [0.3, 0.4) is 0 Å². The molecule has 2 heterocycles. The summed E-state index contributed by atoms with van der Waals surface area (Å²) in [6.07, 6.45) is 1.56. The van der Waals surface area contributed by atoms with Crippen molar-refractivity contribution in [2.75, 3.05) is 31.7 Å². The molecule has 2 aromatic rings. The van der Waals surface area contributed by atoms with E-state index in [0.717, 1.165) is 48.3 Å². The van der Waals surface area contributed by atoms with E-state index in [4.69, 9.17) is 9.47 Å². The second kappa shape index (κ2) is 8.14. The maximum Gasteiger partial charge on any atom is 0.286 e. The second-order valence-electron chi connectivity index (χ2n) is 6.81. The van der Waals surface area contributed by atoms with Gasteiger partial charge in [-0.3, -0.25) is 14.9 Å². The number of fused-ring (bicyclic) bond motifs is 1. The van der Waals surface area contributed by atoms with Crippen molar-refractivity contribution in [1.29, 1.82) is 0 Å². The molecule has 0 saturated carbocycles. The van der Waals surface area contributed by atoms with Gasteiger partial charge in [0.1, 0.15) is 18.1 Å². The van der Waals surface area contributed by atoms with Crippen LogP contribution in [0, 0.1) is 0 Å². The molecule has 0 radical (unpaired) electrons. The van der Waals surface area contributed by atoms with Crippen molar-refractivity contribution < 1.29 is 19.1 Å². The number of carbonyl (C=O) groups is 2. The molecule has 6 nitrogen and oxygen atoms in total. The average molecular weight is 398 g/mol. The van der Waals surface area contributed by atoms with Crippen molar-refractivity contribution in [3.05, 3.63) is 53.6 Å². The van der Waals surface area contributed by atoms with E-state index in [1.54, 1.807) is 7.11 Å². The van der Waals surface area contributed by atoms with Crippen LogP contribution in [0.4, 0.5) is 10.5 Å². The van der Waals surface area contributed by atoms with E-state index in [1.165, 1.54) is 11.3 Å². The van der Waals surface area contributed by atoms with Crippen LogP contribution < -0.4 is 19.7 Å². The van der Waals surface area contributed by atoms with Gasteiger partial charge in [-0.05, 0) is 54.3 Å². The summed E-state index contributed by atoms with van der Waals surface area (Å²) >= 11 is 1.05. The van der Waals surface area contributed by atoms with E-state index in [1.807, 2.05) is 30.3 Å². The first-order valence-electron chi connectivity index (χ1n) is 9.27. The predicted molar refractivity (Wildman–Crippen MR) is 109 cm³/mol. The molecule has 2 aliphatic heterocycles. The smallest absolute Gasteiger partial charge is 0.286 e. The van der Waals surface area contributed by atoms with E-state index in [9.17, 15) is 9.59 Å². The largest absolute Gasteiger partial charge is 0.497 e. The molecular formula is C21H22N2O4S. The fraction of sp³-hybridized carbons (Fsp3) is 0.333. The minimum atomic E-state index is -0.340. The average Bonchev–Trinajstić information content (AvgIpc) is 3.25. The van der Waals surface area contributed by atoms with Crippen LogP contribution in [0.25, 0.3) is 0 Å². The summed E-state index contributed by atoms with van der Waals surface area (Å²) in [5.74, 6) is 1.49. The summed E-state index contributed by atoms with van der Waals surface area (Å²) in [5.41, 5.74) is 3.58. The number of amides is 2. The standard InChI is InChI=1S/C21H22N2O4S/c1-26-17-6-7-18-15(13-17)8-9-23(18)10-11-27-16-4-2-14(3-5-16)12-19-20(24)22-21(25)28-19/h2-7,13,19H,8-12H2,1H3,(H,22,24,25). The molecule has 7 heteroatoms. The Bertz CT molecular complexity index is 884. The zero-order valence-electron chi connectivity index (χ0n) is 15.6. The quantitative estimate of drug-likeness (QED) is 0.773. The number of thioether (sulfide) groups is 1. The van der Waals surface area contributed by atoms with Crippen LogP contribution in [0.5, 0.6) is 11.5 Å². The van der Waals surface area contributed by atoms with Crippen molar-refractivity contribution >= 4 is 28.6 Å². The zero-order chi connectivity index (χ0) is 19.5. The van der Waals surface area contributed by atoms with Crippen molar-refractivity contribution in [2.24, 2.45) is 0 Å². The van der Waals surface area contributed by atoms with E-state index in [0.29, 0.717) is 13.0 Å². The normalized spacial score (nSPS) is 18.2.